The van der Waals surface area contributed by atoms with Gasteiger partial charge in [-0.1, -0.05) is 103 Å². The molecule has 0 fully saturated rings. The number of hydrogen-bond donors (Lipinski definition) is 3. The number of carboxylic acid groups (broad SMARTS) is 2. The van der Waals surface area contributed by atoms with Crippen molar-refractivity contribution in [3.8, 4) is 0 Å². The van der Waals surface area contributed by atoms with Crippen molar-refractivity contribution in [1.82, 2.24) is 0 Å². The van der Waals surface area contributed by atoms with Gasteiger partial charge in [0, 0.05) is 12.2 Å². The average Bonchev–Trinajstić information content (AvgIpc) is 2.68. The zero-order valence-electron chi connectivity index (χ0n) is 19.0. The third-order valence-corrected chi connectivity index (χ3v) is 5.06. The Morgan fingerprint density at radius 2 is 0.938 bits per heavy atom. The number of rotatable bonds is 20. The van der Waals surface area contributed by atoms with Crippen molar-refractivity contribution in [3.63, 3.8) is 0 Å². The summed E-state index contributed by atoms with van der Waals surface area (Å²) in [5.41, 5.74) is 0. The van der Waals surface area contributed by atoms with E-state index in [1.165, 1.54) is 83.5 Å². The predicted octanol–water partition coefficient (Wildman–Crippen LogP) is 5.13. The van der Waals surface area contributed by atoms with Crippen molar-refractivity contribution in [2.24, 2.45) is 0 Å². The first-order chi connectivity index (χ1) is 14.7. The minimum absolute atomic E-state index is 0. The third-order valence-electron chi connectivity index (χ3n) is 4.60. The topological polar surface area (TPSA) is 138 Å². The van der Waals surface area contributed by atoms with E-state index in [-0.39, 0.29) is 36.2 Å². The quantitative estimate of drug-likeness (QED) is 0.0924. The molecular weight excluding hydrogens is 447 g/mol. The first-order valence-electron chi connectivity index (χ1n) is 11.4. The number of hydrogen-bond acceptors (Lipinski definition) is 5. The summed E-state index contributed by atoms with van der Waals surface area (Å²) in [5, 5.41) is 15.6. The fraction of sp³-hybridized carbons (Fsp3) is 0.818. The first kappa shape index (κ1) is 36.1. The van der Waals surface area contributed by atoms with Crippen molar-refractivity contribution in [3.05, 3.63) is 12.2 Å². The van der Waals surface area contributed by atoms with E-state index in [2.05, 4.69) is 11.1 Å². The Kier molecular flexibility index (Phi) is 30.3. The molecule has 0 aliphatic rings. The molecule has 8 nitrogen and oxygen atoms in total. The summed E-state index contributed by atoms with van der Waals surface area (Å²) < 4.78 is 33.3. The van der Waals surface area contributed by atoms with Crippen LogP contribution < -0.4 is 0 Å². The molecular formula is C22H43NaO8S. The molecule has 0 amide bonds. The zero-order chi connectivity index (χ0) is 23.8. The Morgan fingerprint density at radius 3 is 1.19 bits per heavy atom. The molecule has 0 aromatic rings. The molecule has 0 spiro atoms. The molecule has 0 saturated heterocycles. The molecule has 10 heteroatoms. The van der Waals surface area contributed by atoms with Gasteiger partial charge < -0.3 is 10.2 Å². The molecule has 0 saturated carbocycles. The molecule has 0 aromatic carbocycles. The van der Waals surface area contributed by atoms with Crippen molar-refractivity contribution in [2.45, 2.75) is 110 Å². The van der Waals surface area contributed by atoms with E-state index in [9.17, 15) is 18.0 Å². The van der Waals surface area contributed by atoms with E-state index >= 15 is 0 Å². The van der Waals surface area contributed by atoms with Gasteiger partial charge in [0.25, 0.3) is 0 Å². The molecule has 0 aliphatic carbocycles. The number of aliphatic carboxylic acids is 2. The summed E-state index contributed by atoms with van der Waals surface area (Å²) in [6.07, 6.45) is 21.6. The number of carboxylic acids is 2. The van der Waals surface area contributed by atoms with Crippen LogP contribution in [0.2, 0.25) is 0 Å². The Morgan fingerprint density at radius 1 is 0.656 bits per heavy atom. The van der Waals surface area contributed by atoms with Crippen LogP contribution in [0.5, 0.6) is 0 Å². The summed E-state index contributed by atoms with van der Waals surface area (Å²) in [6, 6.07) is 0. The molecule has 0 aromatic heterocycles. The van der Waals surface area contributed by atoms with Crippen LogP contribution in [0.4, 0.5) is 0 Å². The predicted molar refractivity (Wildman–Crippen MR) is 129 cm³/mol. The van der Waals surface area contributed by atoms with Crippen molar-refractivity contribution >= 4 is 51.9 Å². The Balaban J connectivity index is -0.000000793. The third kappa shape index (κ3) is 40.0. The second-order valence-corrected chi connectivity index (χ2v) is 8.65. The van der Waals surface area contributed by atoms with Gasteiger partial charge in [-0.3, -0.25) is 4.55 Å². The van der Waals surface area contributed by atoms with Crippen LogP contribution in [0, 0.1) is 0 Å². The normalized spacial score (nSPS) is 10.9. The van der Waals surface area contributed by atoms with Crippen molar-refractivity contribution < 1.29 is 37.0 Å². The Labute approximate surface area is 216 Å². The van der Waals surface area contributed by atoms with Crippen LogP contribution in [0.25, 0.3) is 0 Å². The van der Waals surface area contributed by atoms with E-state index in [0.29, 0.717) is 18.6 Å². The van der Waals surface area contributed by atoms with Gasteiger partial charge in [0.15, 0.2) is 0 Å². The maximum atomic E-state index is 10.3. The van der Waals surface area contributed by atoms with E-state index in [1.54, 1.807) is 0 Å². The monoisotopic (exact) mass is 490 g/mol. The number of carbonyl (C=O) groups is 2. The van der Waals surface area contributed by atoms with Crippen LogP contribution in [0.3, 0.4) is 0 Å². The zero-order valence-corrected chi connectivity index (χ0v) is 19.8. The second-order valence-electron chi connectivity index (χ2n) is 7.56. The van der Waals surface area contributed by atoms with E-state index in [1.807, 2.05) is 0 Å². The Hall–Kier alpha value is -0.450. The summed E-state index contributed by atoms with van der Waals surface area (Å²) in [7, 11) is -4.24. The van der Waals surface area contributed by atoms with Crippen LogP contribution in [-0.4, -0.2) is 71.3 Å². The standard InChI is InChI=1S/C18H38O4S.C4H4O4.Na.H/c1-2-3-4-5-6-7-8-9-10-11-12-13-14-15-16-17-18-22-23(19,20)21;5-3(6)1-2-4(7)8;;/h2-18H2,1H3,(H,19,20,21);1-2H,(H,5,6)(H,7,8);;. The first-order valence-corrected chi connectivity index (χ1v) is 12.8. The van der Waals surface area contributed by atoms with Crippen molar-refractivity contribution in [2.75, 3.05) is 6.61 Å². The molecule has 0 rings (SSSR count). The van der Waals surface area contributed by atoms with Gasteiger partial charge >= 0.3 is 51.9 Å². The van der Waals surface area contributed by atoms with Gasteiger partial charge in [-0.2, -0.15) is 8.42 Å². The van der Waals surface area contributed by atoms with Crippen LogP contribution in [-0.2, 0) is 24.2 Å². The van der Waals surface area contributed by atoms with Gasteiger partial charge in [0.2, 0.25) is 0 Å². The van der Waals surface area contributed by atoms with Gasteiger partial charge in [0.1, 0.15) is 0 Å². The summed E-state index contributed by atoms with van der Waals surface area (Å²) >= 11 is 0. The van der Waals surface area contributed by atoms with E-state index < -0.39 is 22.3 Å². The summed E-state index contributed by atoms with van der Waals surface area (Å²) in [5.74, 6) is -2.51. The molecule has 0 unspecified atom stereocenters. The SMILES string of the molecule is CCCCCCCCCCCCCCCCCCOS(=O)(=O)O.O=C(O)C=CC(=O)O.[NaH]. The molecule has 32 heavy (non-hydrogen) atoms. The molecule has 3 N–H and O–H groups in total. The fourth-order valence-corrected chi connectivity index (χ4v) is 3.29. The van der Waals surface area contributed by atoms with Crippen LogP contribution in [0.1, 0.15) is 110 Å². The summed E-state index contributed by atoms with van der Waals surface area (Å²) in [4.78, 5) is 19.1. The fourth-order valence-electron chi connectivity index (χ4n) is 2.96. The van der Waals surface area contributed by atoms with Crippen LogP contribution >= 0.6 is 0 Å². The van der Waals surface area contributed by atoms with Crippen LogP contribution in [0.15, 0.2) is 12.2 Å². The molecule has 0 aliphatic heterocycles. The molecule has 0 atom stereocenters. The molecule has 0 radical (unpaired) electrons. The molecule has 186 valence electrons. The van der Waals surface area contributed by atoms with Crippen molar-refractivity contribution in [1.29, 1.82) is 0 Å². The van der Waals surface area contributed by atoms with Gasteiger partial charge in [-0.05, 0) is 6.42 Å². The average molecular weight is 491 g/mol. The van der Waals surface area contributed by atoms with Gasteiger partial charge in [-0.25, -0.2) is 13.8 Å². The van der Waals surface area contributed by atoms with E-state index in [0.717, 1.165) is 12.8 Å². The molecule has 0 heterocycles. The number of unbranched alkanes of at least 4 members (excludes halogenated alkanes) is 15. The molecule has 0 bridgehead atoms. The van der Waals surface area contributed by atoms with E-state index in [4.69, 9.17) is 14.8 Å². The second kappa shape index (κ2) is 26.8. The minimum atomic E-state index is -4.24. The maximum absolute atomic E-state index is 10.3. The summed E-state index contributed by atoms with van der Waals surface area (Å²) in [6.45, 7) is 2.36. The Bertz CT molecular complexity index is 548. The van der Waals surface area contributed by atoms with Gasteiger partial charge in [0.05, 0.1) is 6.61 Å². The van der Waals surface area contributed by atoms with Gasteiger partial charge in [-0.15, -0.1) is 0 Å².